The van der Waals surface area contributed by atoms with Gasteiger partial charge < -0.3 is 10.0 Å². The van der Waals surface area contributed by atoms with Crippen molar-refractivity contribution in [3.8, 4) is 0 Å². The van der Waals surface area contributed by atoms with Gasteiger partial charge in [0.05, 0.1) is 24.4 Å². The molecule has 0 aliphatic carbocycles. The molecule has 0 unspecified atom stereocenters. The smallest absolute Gasteiger partial charge is 0.227 e. The number of carbonyl (C=O) groups is 1. The van der Waals surface area contributed by atoms with Crippen LogP contribution >= 0.6 is 0 Å². The molecule has 144 valence electrons. The number of fused-ring (bicyclic) bond motifs is 1. The molecule has 0 fully saturated rings. The number of benzene rings is 2. The summed E-state index contributed by atoms with van der Waals surface area (Å²) >= 11 is 0. The second kappa shape index (κ2) is 7.94. The van der Waals surface area contributed by atoms with E-state index in [0.29, 0.717) is 30.9 Å². The number of aromatic nitrogens is 2. The lowest BCUT2D eigenvalue weighted by Gasteiger charge is -2.20. The molecule has 0 saturated carbocycles. The molecular formula is C22H22FN3O2. The van der Waals surface area contributed by atoms with Crippen molar-refractivity contribution in [2.45, 2.75) is 32.0 Å². The van der Waals surface area contributed by atoms with Crippen LogP contribution in [0, 0.1) is 5.82 Å². The average molecular weight is 379 g/mol. The summed E-state index contributed by atoms with van der Waals surface area (Å²) in [6.45, 7) is 1.76. The summed E-state index contributed by atoms with van der Waals surface area (Å²) in [6, 6.07) is 17.4. The van der Waals surface area contributed by atoms with Crippen LogP contribution < -0.4 is 0 Å². The maximum Gasteiger partial charge on any atom is 0.227 e. The minimum Gasteiger partial charge on any atom is -0.382 e. The maximum atomic E-state index is 13.4. The average Bonchev–Trinajstić information content (AvgIpc) is 2.99. The Morgan fingerprint density at radius 1 is 1.11 bits per heavy atom. The van der Waals surface area contributed by atoms with E-state index in [9.17, 15) is 14.3 Å². The van der Waals surface area contributed by atoms with Crippen molar-refractivity contribution >= 4 is 5.91 Å². The Morgan fingerprint density at radius 3 is 2.71 bits per heavy atom. The highest BCUT2D eigenvalue weighted by molar-refractivity contribution is 5.78. The summed E-state index contributed by atoms with van der Waals surface area (Å²) in [6.07, 6.45) is 0.160. The SMILES string of the molecule is O=C(Cc1cccc(F)c1)N1CCCn2nc([C@@H](O)c3ccccc3)cc2C1. The van der Waals surface area contributed by atoms with E-state index in [-0.39, 0.29) is 18.1 Å². The van der Waals surface area contributed by atoms with Crippen LogP contribution in [0.25, 0.3) is 0 Å². The normalized spacial score (nSPS) is 15.0. The zero-order valence-electron chi connectivity index (χ0n) is 15.5. The third kappa shape index (κ3) is 3.97. The number of hydrogen-bond donors (Lipinski definition) is 1. The van der Waals surface area contributed by atoms with Crippen LogP contribution in [-0.2, 0) is 24.3 Å². The van der Waals surface area contributed by atoms with Crippen molar-refractivity contribution in [1.29, 1.82) is 0 Å². The first-order chi connectivity index (χ1) is 13.6. The molecule has 0 radical (unpaired) electrons. The topological polar surface area (TPSA) is 58.4 Å². The summed E-state index contributed by atoms with van der Waals surface area (Å²) in [5.41, 5.74) is 2.94. The Hall–Kier alpha value is -2.99. The van der Waals surface area contributed by atoms with Gasteiger partial charge in [0, 0.05) is 13.1 Å². The highest BCUT2D eigenvalue weighted by Crippen LogP contribution is 2.23. The molecule has 2 aromatic carbocycles. The highest BCUT2D eigenvalue weighted by atomic mass is 19.1. The molecule has 1 aliphatic rings. The van der Waals surface area contributed by atoms with Gasteiger partial charge in [-0.25, -0.2) is 4.39 Å². The second-order valence-electron chi connectivity index (χ2n) is 7.07. The van der Waals surface area contributed by atoms with Crippen LogP contribution in [0.15, 0.2) is 60.7 Å². The first-order valence-electron chi connectivity index (χ1n) is 9.42. The van der Waals surface area contributed by atoms with Crippen LogP contribution in [0.5, 0.6) is 0 Å². The Morgan fingerprint density at radius 2 is 1.93 bits per heavy atom. The quantitative estimate of drug-likeness (QED) is 0.758. The molecule has 1 N–H and O–H groups in total. The zero-order chi connectivity index (χ0) is 19.5. The van der Waals surface area contributed by atoms with E-state index in [1.807, 2.05) is 41.1 Å². The number of aryl methyl sites for hydroxylation is 1. The summed E-state index contributed by atoms with van der Waals surface area (Å²) in [7, 11) is 0. The predicted molar refractivity (Wildman–Crippen MR) is 103 cm³/mol. The molecule has 6 heteroatoms. The molecule has 4 rings (SSSR count). The van der Waals surface area contributed by atoms with Crippen molar-refractivity contribution in [3.63, 3.8) is 0 Å². The molecule has 1 aliphatic heterocycles. The molecule has 1 atom stereocenters. The van der Waals surface area contributed by atoms with Gasteiger partial charge >= 0.3 is 0 Å². The van der Waals surface area contributed by atoms with Gasteiger partial charge in [-0.1, -0.05) is 42.5 Å². The van der Waals surface area contributed by atoms with Gasteiger partial charge in [-0.2, -0.15) is 5.10 Å². The largest absolute Gasteiger partial charge is 0.382 e. The monoisotopic (exact) mass is 379 g/mol. The number of amides is 1. The van der Waals surface area contributed by atoms with Crippen LogP contribution in [0.4, 0.5) is 4.39 Å². The Balaban J connectivity index is 1.50. The van der Waals surface area contributed by atoms with Crippen molar-refractivity contribution in [3.05, 3.63) is 89.0 Å². The van der Waals surface area contributed by atoms with Gasteiger partial charge in [-0.15, -0.1) is 0 Å². The fourth-order valence-corrected chi connectivity index (χ4v) is 3.57. The van der Waals surface area contributed by atoms with Crippen LogP contribution in [0.3, 0.4) is 0 Å². The molecule has 28 heavy (non-hydrogen) atoms. The highest BCUT2D eigenvalue weighted by Gasteiger charge is 2.23. The van der Waals surface area contributed by atoms with E-state index < -0.39 is 6.10 Å². The number of nitrogens with zero attached hydrogens (tertiary/aromatic N) is 3. The molecule has 3 aromatic rings. The molecular weight excluding hydrogens is 357 g/mol. The second-order valence-corrected chi connectivity index (χ2v) is 7.07. The third-order valence-electron chi connectivity index (χ3n) is 5.03. The molecule has 0 spiro atoms. The Bertz CT molecular complexity index is 971. The summed E-state index contributed by atoms with van der Waals surface area (Å²) in [5.74, 6) is -0.371. The lowest BCUT2D eigenvalue weighted by Crippen LogP contribution is -2.32. The van der Waals surface area contributed by atoms with Gasteiger partial charge in [-0.05, 0) is 35.7 Å². The third-order valence-corrected chi connectivity index (χ3v) is 5.03. The molecule has 1 amide bonds. The fraction of sp³-hybridized carbons (Fsp3) is 0.273. The van der Waals surface area contributed by atoms with Crippen LogP contribution in [0.2, 0.25) is 0 Å². The number of halogens is 1. The molecule has 2 heterocycles. The molecule has 1 aromatic heterocycles. The van der Waals surface area contributed by atoms with E-state index in [1.165, 1.54) is 12.1 Å². The predicted octanol–water partition coefficient (Wildman–Crippen LogP) is 3.08. The van der Waals surface area contributed by atoms with Crippen molar-refractivity contribution in [2.24, 2.45) is 0 Å². The zero-order valence-corrected chi connectivity index (χ0v) is 15.5. The minimum absolute atomic E-state index is 0.0367. The number of rotatable bonds is 4. The van der Waals surface area contributed by atoms with E-state index in [0.717, 1.165) is 17.7 Å². The lowest BCUT2D eigenvalue weighted by atomic mass is 10.1. The fourth-order valence-electron chi connectivity index (χ4n) is 3.57. The van der Waals surface area contributed by atoms with Crippen molar-refractivity contribution in [2.75, 3.05) is 6.54 Å². The summed E-state index contributed by atoms with van der Waals surface area (Å²) < 4.78 is 15.3. The first kappa shape index (κ1) is 18.4. The number of aliphatic hydroxyl groups is 1. The van der Waals surface area contributed by atoms with Crippen molar-refractivity contribution in [1.82, 2.24) is 14.7 Å². The van der Waals surface area contributed by atoms with Gasteiger partial charge in [0.15, 0.2) is 0 Å². The standard InChI is InChI=1S/C22H22FN3O2/c23-18-9-4-6-16(12-18)13-21(27)25-10-5-11-26-19(15-25)14-20(24-26)22(28)17-7-2-1-3-8-17/h1-4,6-9,12,14,22,28H,5,10-11,13,15H2/t22-/m0/s1. The summed E-state index contributed by atoms with van der Waals surface area (Å²) in [5, 5.41) is 15.2. The van der Waals surface area contributed by atoms with Gasteiger partial charge in [-0.3, -0.25) is 9.48 Å². The Labute approximate surface area is 163 Å². The van der Waals surface area contributed by atoms with E-state index in [1.54, 1.807) is 17.0 Å². The number of hydrogen-bond acceptors (Lipinski definition) is 3. The Kier molecular flexibility index (Phi) is 5.21. The van der Waals surface area contributed by atoms with E-state index in [4.69, 9.17) is 0 Å². The summed E-state index contributed by atoms with van der Waals surface area (Å²) in [4.78, 5) is 14.5. The molecule has 0 saturated heterocycles. The minimum atomic E-state index is -0.794. The van der Waals surface area contributed by atoms with Gasteiger partial charge in [0.25, 0.3) is 0 Å². The van der Waals surface area contributed by atoms with E-state index >= 15 is 0 Å². The lowest BCUT2D eigenvalue weighted by molar-refractivity contribution is -0.131. The van der Waals surface area contributed by atoms with Crippen LogP contribution in [0.1, 0.15) is 35.0 Å². The number of carbonyl (C=O) groups excluding carboxylic acids is 1. The van der Waals surface area contributed by atoms with Crippen LogP contribution in [-0.4, -0.2) is 32.2 Å². The van der Waals surface area contributed by atoms with Gasteiger partial charge in [0.1, 0.15) is 11.9 Å². The van der Waals surface area contributed by atoms with Crippen molar-refractivity contribution < 1.29 is 14.3 Å². The molecule has 0 bridgehead atoms. The van der Waals surface area contributed by atoms with E-state index in [2.05, 4.69) is 5.10 Å². The number of aliphatic hydroxyl groups excluding tert-OH is 1. The first-order valence-corrected chi connectivity index (χ1v) is 9.42. The maximum absolute atomic E-state index is 13.4. The molecule has 5 nitrogen and oxygen atoms in total. The van der Waals surface area contributed by atoms with Gasteiger partial charge in [0.2, 0.25) is 5.91 Å².